The van der Waals surface area contributed by atoms with Crippen molar-refractivity contribution in [2.75, 3.05) is 0 Å². The molecule has 0 atom stereocenters. The predicted octanol–water partition coefficient (Wildman–Crippen LogP) is 2.51. The van der Waals surface area contributed by atoms with Gasteiger partial charge in [-0.25, -0.2) is 0 Å². The molecule has 3 rings (SSSR count). The molecule has 3 nitrogen and oxygen atoms in total. The lowest BCUT2D eigenvalue weighted by Gasteiger charge is -2.05. The first-order chi connectivity index (χ1) is 8.84. The molecular formula is C15H12N2O. The minimum atomic E-state index is -0.0880. The van der Waals surface area contributed by atoms with Crippen molar-refractivity contribution in [1.29, 1.82) is 0 Å². The first kappa shape index (κ1) is 10.7. The van der Waals surface area contributed by atoms with Crippen LogP contribution in [0.4, 0.5) is 0 Å². The lowest BCUT2D eigenvalue weighted by molar-refractivity contribution is 1.14. The van der Waals surface area contributed by atoms with Crippen LogP contribution in [-0.4, -0.2) is 9.97 Å². The van der Waals surface area contributed by atoms with E-state index in [0.29, 0.717) is 5.39 Å². The van der Waals surface area contributed by atoms with E-state index >= 15 is 0 Å². The number of fused-ring (bicyclic) bond motifs is 1. The maximum absolute atomic E-state index is 11.7. The van der Waals surface area contributed by atoms with Crippen LogP contribution >= 0.6 is 0 Å². The topological polar surface area (TPSA) is 45.8 Å². The van der Waals surface area contributed by atoms with Crippen LogP contribution < -0.4 is 5.56 Å². The number of rotatable bonds is 2. The molecule has 0 saturated heterocycles. The van der Waals surface area contributed by atoms with Gasteiger partial charge in [0.05, 0.1) is 5.39 Å². The second-order valence-electron chi connectivity index (χ2n) is 4.23. The monoisotopic (exact) mass is 236 g/mol. The Morgan fingerprint density at radius 3 is 2.72 bits per heavy atom. The van der Waals surface area contributed by atoms with Crippen LogP contribution in [0.25, 0.3) is 10.8 Å². The Morgan fingerprint density at radius 2 is 1.89 bits per heavy atom. The van der Waals surface area contributed by atoms with Gasteiger partial charge in [-0.05, 0) is 29.0 Å². The van der Waals surface area contributed by atoms with Crippen LogP contribution in [0.15, 0.2) is 59.8 Å². The summed E-state index contributed by atoms with van der Waals surface area (Å²) in [7, 11) is 0. The van der Waals surface area contributed by atoms with Gasteiger partial charge in [0.15, 0.2) is 0 Å². The first-order valence-electron chi connectivity index (χ1n) is 5.83. The molecule has 2 heterocycles. The van der Waals surface area contributed by atoms with Gasteiger partial charge in [-0.15, -0.1) is 0 Å². The van der Waals surface area contributed by atoms with E-state index in [1.54, 1.807) is 18.6 Å². The first-order valence-corrected chi connectivity index (χ1v) is 5.83. The number of H-pyrrole nitrogens is 1. The number of pyridine rings is 2. The number of aromatic nitrogens is 2. The van der Waals surface area contributed by atoms with Crippen LogP contribution in [0.5, 0.6) is 0 Å². The van der Waals surface area contributed by atoms with Crippen LogP contribution in [0.2, 0.25) is 0 Å². The standard InChI is InChI=1S/C15H12N2O/c18-15-14-10-16-7-6-13(14)12(9-17-15)8-11-4-2-1-3-5-11/h1-7,9-10H,8H2,(H,17,18). The number of nitrogens with one attached hydrogen (secondary N) is 1. The molecule has 0 amide bonds. The molecular weight excluding hydrogens is 224 g/mol. The summed E-state index contributed by atoms with van der Waals surface area (Å²) in [6.45, 7) is 0. The van der Waals surface area contributed by atoms with Gasteiger partial charge in [-0.2, -0.15) is 0 Å². The third kappa shape index (κ3) is 1.91. The normalized spacial score (nSPS) is 10.7. The molecule has 0 saturated carbocycles. The molecule has 0 aliphatic carbocycles. The van der Waals surface area contributed by atoms with E-state index in [1.807, 2.05) is 24.3 Å². The molecule has 0 aliphatic rings. The highest BCUT2D eigenvalue weighted by atomic mass is 16.1. The zero-order valence-electron chi connectivity index (χ0n) is 9.76. The largest absolute Gasteiger partial charge is 0.328 e. The number of benzene rings is 1. The van der Waals surface area contributed by atoms with Crippen molar-refractivity contribution >= 4 is 10.8 Å². The van der Waals surface area contributed by atoms with Gasteiger partial charge < -0.3 is 4.98 Å². The molecule has 1 aromatic carbocycles. The second kappa shape index (κ2) is 4.45. The maximum Gasteiger partial charge on any atom is 0.257 e. The van der Waals surface area contributed by atoms with Crippen molar-refractivity contribution < 1.29 is 0 Å². The fourth-order valence-electron chi connectivity index (χ4n) is 2.13. The van der Waals surface area contributed by atoms with Crippen molar-refractivity contribution in [3.05, 3.63) is 76.5 Å². The van der Waals surface area contributed by atoms with Gasteiger partial charge in [0, 0.05) is 18.6 Å². The summed E-state index contributed by atoms with van der Waals surface area (Å²) >= 11 is 0. The smallest absolute Gasteiger partial charge is 0.257 e. The highest BCUT2D eigenvalue weighted by Gasteiger charge is 2.05. The lowest BCUT2D eigenvalue weighted by Crippen LogP contribution is -2.07. The zero-order valence-corrected chi connectivity index (χ0v) is 9.76. The second-order valence-corrected chi connectivity index (χ2v) is 4.23. The van der Waals surface area contributed by atoms with E-state index in [2.05, 4.69) is 22.1 Å². The van der Waals surface area contributed by atoms with Gasteiger partial charge in [-0.3, -0.25) is 9.78 Å². The van der Waals surface area contributed by atoms with E-state index in [0.717, 1.165) is 17.4 Å². The summed E-state index contributed by atoms with van der Waals surface area (Å²) in [5.41, 5.74) is 2.25. The van der Waals surface area contributed by atoms with Gasteiger partial charge in [0.25, 0.3) is 5.56 Å². The van der Waals surface area contributed by atoms with Gasteiger partial charge in [0.2, 0.25) is 0 Å². The molecule has 0 aliphatic heterocycles. The molecule has 0 bridgehead atoms. The number of aromatic amines is 1. The molecule has 2 aromatic heterocycles. The van der Waals surface area contributed by atoms with Crippen LogP contribution in [0.1, 0.15) is 11.1 Å². The Labute approximate surface area is 104 Å². The van der Waals surface area contributed by atoms with Crippen LogP contribution in [0, 0.1) is 0 Å². The van der Waals surface area contributed by atoms with Gasteiger partial charge >= 0.3 is 0 Å². The number of nitrogens with zero attached hydrogens (tertiary/aromatic N) is 1. The number of hydrogen-bond donors (Lipinski definition) is 1. The lowest BCUT2D eigenvalue weighted by atomic mass is 10.0. The quantitative estimate of drug-likeness (QED) is 0.743. The zero-order chi connectivity index (χ0) is 12.4. The van der Waals surface area contributed by atoms with E-state index in [1.165, 1.54) is 5.56 Å². The van der Waals surface area contributed by atoms with E-state index in [4.69, 9.17) is 0 Å². The molecule has 3 heteroatoms. The molecule has 0 spiro atoms. The van der Waals surface area contributed by atoms with E-state index in [-0.39, 0.29) is 5.56 Å². The molecule has 0 fully saturated rings. The third-order valence-corrected chi connectivity index (χ3v) is 3.03. The van der Waals surface area contributed by atoms with Crippen molar-refractivity contribution in [3.8, 4) is 0 Å². The summed E-state index contributed by atoms with van der Waals surface area (Å²) in [4.78, 5) is 18.5. The third-order valence-electron chi connectivity index (χ3n) is 3.03. The molecule has 88 valence electrons. The Morgan fingerprint density at radius 1 is 1.06 bits per heavy atom. The summed E-state index contributed by atoms with van der Waals surface area (Å²) in [6.07, 6.45) is 5.93. The summed E-state index contributed by atoms with van der Waals surface area (Å²) in [5, 5.41) is 1.61. The molecule has 3 aromatic rings. The highest BCUT2D eigenvalue weighted by molar-refractivity contribution is 5.83. The van der Waals surface area contributed by atoms with Crippen LogP contribution in [-0.2, 0) is 6.42 Å². The Kier molecular flexibility index (Phi) is 2.65. The summed E-state index contributed by atoms with van der Waals surface area (Å²) in [6, 6.07) is 12.1. The summed E-state index contributed by atoms with van der Waals surface area (Å²) in [5.74, 6) is 0. The van der Waals surface area contributed by atoms with E-state index in [9.17, 15) is 4.79 Å². The SMILES string of the molecule is O=c1[nH]cc(Cc2ccccc2)c2ccncc12. The number of hydrogen-bond acceptors (Lipinski definition) is 2. The van der Waals surface area contributed by atoms with E-state index < -0.39 is 0 Å². The van der Waals surface area contributed by atoms with Gasteiger partial charge in [0.1, 0.15) is 0 Å². The van der Waals surface area contributed by atoms with Crippen molar-refractivity contribution in [3.63, 3.8) is 0 Å². The fourth-order valence-corrected chi connectivity index (χ4v) is 2.13. The van der Waals surface area contributed by atoms with Crippen molar-refractivity contribution in [2.24, 2.45) is 0 Å². The van der Waals surface area contributed by atoms with Gasteiger partial charge in [-0.1, -0.05) is 30.3 Å². The minimum absolute atomic E-state index is 0.0880. The minimum Gasteiger partial charge on any atom is -0.328 e. The molecule has 1 N–H and O–H groups in total. The fraction of sp³-hybridized carbons (Fsp3) is 0.0667. The Hall–Kier alpha value is -2.42. The predicted molar refractivity (Wildman–Crippen MR) is 71.6 cm³/mol. The molecule has 18 heavy (non-hydrogen) atoms. The highest BCUT2D eigenvalue weighted by Crippen LogP contribution is 2.16. The van der Waals surface area contributed by atoms with Crippen LogP contribution in [0.3, 0.4) is 0 Å². The Bertz CT molecular complexity index is 732. The maximum atomic E-state index is 11.7. The average Bonchev–Trinajstić information content (AvgIpc) is 2.44. The summed E-state index contributed by atoms with van der Waals surface area (Å²) < 4.78 is 0. The molecule has 0 unspecified atom stereocenters. The Balaban J connectivity index is 2.13. The van der Waals surface area contributed by atoms with Crippen molar-refractivity contribution in [1.82, 2.24) is 9.97 Å². The average molecular weight is 236 g/mol. The molecule has 0 radical (unpaired) electrons. The van der Waals surface area contributed by atoms with Crippen molar-refractivity contribution in [2.45, 2.75) is 6.42 Å².